The zero-order chi connectivity index (χ0) is 19.7. The van der Waals surface area contributed by atoms with Crippen LogP contribution in [0, 0.1) is 0 Å². The Morgan fingerprint density at radius 2 is 1.75 bits per heavy atom. The minimum absolute atomic E-state index is 0.0120. The van der Waals surface area contributed by atoms with Crippen molar-refractivity contribution in [3.63, 3.8) is 0 Å². The summed E-state index contributed by atoms with van der Waals surface area (Å²) in [7, 11) is 0. The quantitative estimate of drug-likeness (QED) is 0.512. The van der Waals surface area contributed by atoms with E-state index in [-0.39, 0.29) is 17.6 Å². The molecule has 0 radical (unpaired) electrons. The standard InChI is InChI=1S/C23H19NO4/c1-14(2)27-16-10-11-18-19(13-22(25)28-21(18)12-16)23(26)24-20-9-5-7-15-6-3-4-8-17(15)20/h3-14H,1-2H3,(H,24,26). The Balaban J connectivity index is 1.75. The van der Waals surface area contributed by atoms with E-state index in [0.29, 0.717) is 22.4 Å². The highest BCUT2D eigenvalue weighted by atomic mass is 16.5. The lowest BCUT2D eigenvalue weighted by Gasteiger charge is -2.12. The third-order valence-electron chi connectivity index (χ3n) is 4.37. The van der Waals surface area contributed by atoms with E-state index in [4.69, 9.17) is 9.15 Å². The second-order valence-electron chi connectivity index (χ2n) is 6.78. The van der Waals surface area contributed by atoms with Gasteiger partial charge in [0, 0.05) is 28.6 Å². The lowest BCUT2D eigenvalue weighted by atomic mass is 10.1. The second kappa shape index (κ2) is 7.19. The number of fused-ring (bicyclic) bond motifs is 2. The van der Waals surface area contributed by atoms with Crippen LogP contribution in [-0.2, 0) is 0 Å². The molecule has 0 spiro atoms. The largest absolute Gasteiger partial charge is 0.491 e. The van der Waals surface area contributed by atoms with E-state index in [9.17, 15) is 9.59 Å². The van der Waals surface area contributed by atoms with E-state index in [1.165, 1.54) is 6.07 Å². The molecule has 28 heavy (non-hydrogen) atoms. The molecular formula is C23H19NO4. The van der Waals surface area contributed by atoms with Crippen molar-refractivity contribution in [3.05, 3.63) is 82.7 Å². The molecule has 4 aromatic rings. The summed E-state index contributed by atoms with van der Waals surface area (Å²) in [6, 6.07) is 19.8. The van der Waals surface area contributed by atoms with Crippen molar-refractivity contribution >= 4 is 33.3 Å². The summed E-state index contributed by atoms with van der Waals surface area (Å²) in [4.78, 5) is 25.0. The molecule has 0 unspecified atom stereocenters. The summed E-state index contributed by atoms with van der Waals surface area (Å²) in [5, 5.41) is 5.42. The highest BCUT2D eigenvalue weighted by Gasteiger charge is 2.15. The van der Waals surface area contributed by atoms with Gasteiger partial charge in [-0.1, -0.05) is 36.4 Å². The molecule has 0 aliphatic rings. The third-order valence-corrected chi connectivity index (χ3v) is 4.37. The average molecular weight is 373 g/mol. The SMILES string of the molecule is CC(C)Oc1ccc2c(C(=O)Nc3cccc4ccccc34)cc(=O)oc2c1. The van der Waals surface area contributed by atoms with E-state index in [0.717, 1.165) is 10.8 Å². The predicted molar refractivity (Wildman–Crippen MR) is 110 cm³/mol. The first-order chi connectivity index (χ1) is 13.5. The fourth-order valence-electron chi connectivity index (χ4n) is 3.20. The zero-order valence-electron chi connectivity index (χ0n) is 15.6. The number of rotatable bonds is 4. The van der Waals surface area contributed by atoms with Crippen molar-refractivity contribution in [2.45, 2.75) is 20.0 Å². The number of carbonyl (C=O) groups excluding carboxylic acids is 1. The molecule has 5 nitrogen and oxygen atoms in total. The molecule has 0 saturated heterocycles. The fourth-order valence-corrected chi connectivity index (χ4v) is 3.20. The van der Waals surface area contributed by atoms with E-state index in [2.05, 4.69) is 5.32 Å². The molecule has 0 aliphatic heterocycles. The molecule has 5 heteroatoms. The van der Waals surface area contributed by atoms with Gasteiger partial charge in [0.15, 0.2) is 0 Å². The molecule has 0 atom stereocenters. The van der Waals surface area contributed by atoms with Crippen molar-refractivity contribution in [2.75, 3.05) is 5.32 Å². The lowest BCUT2D eigenvalue weighted by molar-refractivity contribution is 0.102. The normalized spacial score (nSPS) is 11.1. The second-order valence-corrected chi connectivity index (χ2v) is 6.78. The van der Waals surface area contributed by atoms with E-state index in [1.54, 1.807) is 18.2 Å². The minimum Gasteiger partial charge on any atom is -0.491 e. The molecule has 140 valence electrons. The Hall–Kier alpha value is -3.60. The monoisotopic (exact) mass is 373 g/mol. The summed E-state index contributed by atoms with van der Waals surface area (Å²) >= 11 is 0. The molecule has 3 aromatic carbocycles. The van der Waals surface area contributed by atoms with Crippen LogP contribution in [0.3, 0.4) is 0 Å². The number of anilines is 1. The van der Waals surface area contributed by atoms with Crippen molar-refractivity contribution in [1.29, 1.82) is 0 Å². The fraction of sp³-hybridized carbons (Fsp3) is 0.130. The van der Waals surface area contributed by atoms with E-state index >= 15 is 0 Å². The van der Waals surface area contributed by atoms with Crippen LogP contribution in [0.5, 0.6) is 5.75 Å². The minimum atomic E-state index is -0.586. The summed E-state index contributed by atoms with van der Waals surface area (Å²) in [6.45, 7) is 3.82. The van der Waals surface area contributed by atoms with Crippen LogP contribution < -0.4 is 15.7 Å². The van der Waals surface area contributed by atoms with E-state index in [1.807, 2.05) is 56.3 Å². The smallest absolute Gasteiger partial charge is 0.337 e. The van der Waals surface area contributed by atoms with Crippen molar-refractivity contribution in [2.24, 2.45) is 0 Å². The number of hydrogen-bond donors (Lipinski definition) is 1. The van der Waals surface area contributed by atoms with Crippen molar-refractivity contribution < 1.29 is 13.9 Å². The Morgan fingerprint density at radius 3 is 2.57 bits per heavy atom. The molecular weight excluding hydrogens is 354 g/mol. The Labute approximate surface area is 161 Å². The highest BCUT2D eigenvalue weighted by molar-refractivity contribution is 6.14. The van der Waals surface area contributed by atoms with Gasteiger partial charge in [-0.3, -0.25) is 4.79 Å². The third kappa shape index (κ3) is 3.47. The molecule has 1 aromatic heterocycles. The first-order valence-electron chi connectivity index (χ1n) is 9.05. The number of nitrogens with one attached hydrogen (secondary N) is 1. The van der Waals surface area contributed by atoms with Gasteiger partial charge in [-0.25, -0.2) is 4.79 Å². The summed E-state index contributed by atoms with van der Waals surface area (Å²) in [5.74, 6) is 0.212. The number of hydrogen-bond acceptors (Lipinski definition) is 4. The van der Waals surface area contributed by atoms with Gasteiger partial charge in [-0.05, 0) is 37.4 Å². The topological polar surface area (TPSA) is 68.5 Å². The van der Waals surface area contributed by atoms with Gasteiger partial charge in [0.2, 0.25) is 0 Å². The maximum Gasteiger partial charge on any atom is 0.337 e. The summed E-state index contributed by atoms with van der Waals surface area (Å²) < 4.78 is 10.9. The molecule has 1 N–H and O–H groups in total. The summed E-state index contributed by atoms with van der Waals surface area (Å²) in [6.07, 6.45) is -0.0120. The Bertz CT molecular complexity index is 1240. The van der Waals surface area contributed by atoms with Gasteiger partial charge in [0.1, 0.15) is 11.3 Å². The van der Waals surface area contributed by atoms with Gasteiger partial charge in [-0.2, -0.15) is 0 Å². The molecule has 0 saturated carbocycles. The van der Waals surface area contributed by atoms with Crippen LogP contribution in [0.4, 0.5) is 5.69 Å². The van der Waals surface area contributed by atoms with Gasteiger partial charge < -0.3 is 14.5 Å². The van der Waals surface area contributed by atoms with Crippen LogP contribution in [0.2, 0.25) is 0 Å². The molecule has 1 amide bonds. The van der Waals surface area contributed by atoms with E-state index < -0.39 is 5.63 Å². The Kier molecular flexibility index (Phi) is 4.57. The maximum absolute atomic E-state index is 13.0. The number of carbonyl (C=O) groups is 1. The van der Waals surface area contributed by atoms with Gasteiger partial charge >= 0.3 is 5.63 Å². The van der Waals surface area contributed by atoms with Crippen LogP contribution in [0.25, 0.3) is 21.7 Å². The zero-order valence-corrected chi connectivity index (χ0v) is 15.6. The molecule has 0 aliphatic carbocycles. The van der Waals surface area contributed by atoms with Crippen LogP contribution in [0.1, 0.15) is 24.2 Å². The number of ether oxygens (including phenoxy) is 1. The van der Waals surface area contributed by atoms with Gasteiger partial charge in [-0.15, -0.1) is 0 Å². The molecule has 4 rings (SSSR count). The predicted octanol–water partition coefficient (Wildman–Crippen LogP) is 4.99. The first kappa shape index (κ1) is 17.8. The molecule has 0 fully saturated rings. The van der Waals surface area contributed by atoms with Crippen LogP contribution in [-0.4, -0.2) is 12.0 Å². The van der Waals surface area contributed by atoms with Crippen LogP contribution in [0.15, 0.2) is 75.9 Å². The molecule has 1 heterocycles. The van der Waals surface area contributed by atoms with Crippen LogP contribution >= 0.6 is 0 Å². The first-order valence-corrected chi connectivity index (χ1v) is 9.05. The van der Waals surface area contributed by atoms with Crippen molar-refractivity contribution in [1.82, 2.24) is 0 Å². The Morgan fingerprint density at radius 1 is 0.964 bits per heavy atom. The highest BCUT2D eigenvalue weighted by Crippen LogP contribution is 2.26. The lowest BCUT2D eigenvalue weighted by Crippen LogP contribution is -2.15. The van der Waals surface area contributed by atoms with Gasteiger partial charge in [0.25, 0.3) is 5.91 Å². The summed E-state index contributed by atoms with van der Waals surface area (Å²) in [5.41, 5.74) is 0.672. The number of amides is 1. The maximum atomic E-state index is 13.0. The number of benzene rings is 3. The van der Waals surface area contributed by atoms with Gasteiger partial charge in [0.05, 0.1) is 11.7 Å². The van der Waals surface area contributed by atoms with Crippen molar-refractivity contribution in [3.8, 4) is 5.75 Å². The average Bonchev–Trinajstić information content (AvgIpc) is 2.67. The molecule has 0 bridgehead atoms.